The molecule has 0 N–H and O–H groups in total. The van der Waals surface area contributed by atoms with E-state index in [-0.39, 0.29) is 12.6 Å². The van der Waals surface area contributed by atoms with Gasteiger partial charge >= 0.3 is 5.97 Å². The zero-order chi connectivity index (χ0) is 17.3. The largest absolute Gasteiger partial charge is 0.480 e. The average molecular weight is 371 g/mol. The summed E-state index contributed by atoms with van der Waals surface area (Å²) in [6.07, 6.45) is 4.89. The zero-order valence-electron chi connectivity index (χ0n) is 14.2. The van der Waals surface area contributed by atoms with E-state index in [9.17, 15) is 4.79 Å². The molecule has 0 spiro atoms. The van der Waals surface area contributed by atoms with Crippen LogP contribution in [0.4, 0.5) is 0 Å². The molecule has 24 heavy (non-hydrogen) atoms. The van der Waals surface area contributed by atoms with Crippen molar-refractivity contribution in [2.75, 3.05) is 13.2 Å². The second kappa shape index (κ2) is 7.13. The maximum absolute atomic E-state index is 11.8. The molecule has 3 fully saturated rings. The highest BCUT2D eigenvalue weighted by molar-refractivity contribution is 6.35. The summed E-state index contributed by atoms with van der Waals surface area (Å²) < 4.78 is 10.7. The van der Waals surface area contributed by atoms with E-state index in [1.807, 2.05) is 0 Å². The minimum atomic E-state index is -0.359. The first-order valence-corrected chi connectivity index (χ1v) is 9.37. The molecule has 3 aliphatic rings. The SMILES string of the molecule is CC1(C)C2CCC(CCOC(=O)COc3ccc(Cl)cc3Cl)C1C2. The van der Waals surface area contributed by atoms with Crippen molar-refractivity contribution in [2.45, 2.75) is 39.5 Å². The van der Waals surface area contributed by atoms with Crippen LogP contribution in [-0.4, -0.2) is 19.2 Å². The summed E-state index contributed by atoms with van der Waals surface area (Å²) in [5, 5.41) is 0.919. The van der Waals surface area contributed by atoms with Crippen molar-refractivity contribution in [2.24, 2.45) is 23.2 Å². The van der Waals surface area contributed by atoms with Gasteiger partial charge in [0.25, 0.3) is 0 Å². The summed E-state index contributed by atoms with van der Waals surface area (Å²) in [6.45, 7) is 5.10. The summed E-state index contributed by atoms with van der Waals surface area (Å²) >= 11 is 11.8. The van der Waals surface area contributed by atoms with Crippen LogP contribution in [0, 0.1) is 23.2 Å². The van der Waals surface area contributed by atoms with Gasteiger partial charge in [-0.2, -0.15) is 0 Å². The highest BCUT2D eigenvalue weighted by atomic mass is 35.5. The second-order valence-electron chi connectivity index (χ2n) is 7.57. The van der Waals surface area contributed by atoms with Crippen LogP contribution in [0.25, 0.3) is 0 Å². The van der Waals surface area contributed by atoms with Gasteiger partial charge in [-0.15, -0.1) is 0 Å². The number of benzene rings is 1. The van der Waals surface area contributed by atoms with Gasteiger partial charge in [0.2, 0.25) is 0 Å². The third-order valence-electron chi connectivity index (χ3n) is 5.99. The van der Waals surface area contributed by atoms with Crippen LogP contribution in [0.15, 0.2) is 18.2 Å². The quantitative estimate of drug-likeness (QED) is 0.630. The monoisotopic (exact) mass is 370 g/mol. The number of carbonyl (C=O) groups is 1. The van der Waals surface area contributed by atoms with Crippen LogP contribution in [-0.2, 0) is 9.53 Å². The first-order chi connectivity index (χ1) is 11.4. The van der Waals surface area contributed by atoms with Crippen molar-refractivity contribution in [1.82, 2.24) is 0 Å². The molecule has 4 rings (SSSR count). The number of halogens is 2. The summed E-state index contributed by atoms with van der Waals surface area (Å²) in [5.41, 5.74) is 0.474. The number of ether oxygens (including phenoxy) is 2. The molecular weight excluding hydrogens is 347 g/mol. The molecule has 0 heterocycles. The van der Waals surface area contributed by atoms with Gasteiger partial charge in [0.1, 0.15) is 5.75 Å². The van der Waals surface area contributed by atoms with Gasteiger partial charge in [-0.05, 0) is 67.1 Å². The number of hydrogen-bond acceptors (Lipinski definition) is 3. The van der Waals surface area contributed by atoms with E-state index in [4.69, 9.17) is 32.7 Å². The highest BCUT2D eigenvalue weighted by Crippen LogP contribution is 2.61. The molecule has 0 aromatic heterocycles. The third kappa shape index (κ3) is 3.67. The molecule has 0 amide bonds. The van der Waals surface area contributed by atoms with Crippen molar-refractivity contribution >= 4 is 29.2 Å². The van der Waals surface area contributed by atoms with E-state index < -0.39 is 0 Å². The van der Waals surface area contributed by atoms with E-state index in [1.54, 1.807) is 18.2 Å². The fourth-order valence-corrected chi connectivity index (χ4v) is 4.87. The number of rotatable bonds is 6. The van der Waals surface area contributed by atoms with Crippen molar-refractivity contribution in [1.29, 1.82) is 0 Å². The average Bonchev–Trinajstić information content (AvgIpc) is 2.54. The Bertz CT molecular complexity index is 613. The van der Waals surface area contributed by atoms with Crippen LogP contribution >= 0.6 is 23.2 Å². The topological polar surface area (TPSA) is 35.5 Å². The predicted octanol–water partition coefficient (Wildman–Crippen LogP) is 5.38. The van der Waals surface area contributed by atoms with E-state index in [2.05, 4.69) is 13.8 Å². The minimum absolute atomic E-state index is 0.136. The van der Waals surface area contributed by atoms with Crippen LogP contribution < -0.4 is 4.74 Å². The maximum Gasteiger partial charge on any atom is 0.344 e. The Morgan fingerprint density at radius 1 is 1.29 bits per heavy atom. The number of fused-ring (bicyclic) bond motifs is 2. The summed E-state index contributed by atoms with van der Waals surface area (Å²) in [5.74, 6) is 2.46. The van der Waals surface area contributed by atoms with Crippen molar-refractivity contribution in [3.05, 3.63) is 28.2 Å². The van der Waals surface area contributed by atoms with Gasteiger partial charge in [0, 0.05) is 5.02 Å². The Balaban J connectivity index is 1.38. The lowest BCUT2D eigenvalue weighted by Crippen LogP contribution is -2.52. The molecular formula is C19H24Cl2O3. The number of carbonyl (C=O) groups excluding carboxylic acids is 1. The molecule has 3 saturated carbocycles. The zero-order valence-corrected chi connectivity index (χ0v) is 15.7. The Kier molecular flexibility index (Phi) is 5.31. The minimum Gasteiger partial charge on any atom is -0.480 e. The molecule has 5 heteroatoms. The van der Waals surface area contributed by atoms with Crippen LogP contribution in [0.5, 0.6) is 5.75 Å². The Hall–Kier alpha value is -0.930. The van der Waals surface area contributed by atoms with Crippen molar-refractivity contribution in [3.63, 3.8) is 0 Å². The molecule has 3 aliphatic carbocycles. The molecule has 3 unspecified atom stereocenters. The van der Waals surface area contributed by atoms with Gasteiger partial charge in [-0.1, -0.05) is 37.0 Å². The Labute approximate surface area is 153 Å². The second-order valence-corrected chi connectivity index (χ2v) is 8.41. The van der Waals surface area contributed by atoms with Crippen molar-refractivity contribution < 1.29 is 14.3 Å². The molecule has 1 aromatic carbocycles. The lowest BCUT2D eigenvalue weighted by Gasteiger charge is -2.60. The summed E-state index contributed by atoms with van der Waals surface area (Å²) in [7, 11) is 0. The predicted molar refractivity (Wildman–Crippen MR) is 95.6 cm³/mol. The van der Waals surface area contributed by atoms with E-state index in [0.717, 1.165) is 18.3 Å². The van der Waals surface area contributed by atoms with Crippen LogP contribution in [0.2, 0.25) is 10.0 Å². The van der Waals surface area contributed by atoms with Gasteiger partial charge in [-0.25, -0.2) is 4.79 Å². The third-order valence-corrected chi connectivity index (χ3v) is 6.52. The van der Waals surface area contributed by atoms with Gasteiger partial charge < -0.3 is 9.47 Å². The summed E-state index contributed by atoms with van der Waals surface area (Å²) in [6, 6.07) is 4.90. The number of esters is 1. The highest BCUT2D eigenvalue weighted by Gasteiger charge is 2.53. The summed E-state index contributed by atoms with van der Waals surface area (Å²) in [4.78, 5) is 11.8. The fraction of sp³-hybridized carbons (Fsp3) is 0.632. The first-order valence-electron chi connectivity index (χ1n) is 8.61. The smallest absolute Gasteiger partial charge is 0.344 e. The maximum atomic E-state index is 11.8. The van der Waals surface area contributed by atoms with Gasteiger partial charge in [0.05, 0.1) is 11.6 Å². The molecule has 0 saturated heterocycles. The normalized spacial score (nSPS) is 27.2. The Morgan fingerprint density at radius 3 is 2.75 bits per heavy atom. The lowest BCUT2D eigenvalue weighted by molar-refractivity contribution is -0.148. The molecule has 0 radical (unpaired) electrons. The van der Waals surface area contributed by atoms with Crippen molar-refractivity contribution in [3.8, 4) is 5.75 Å². The number of hydrogen-bond donors (Lipinski definition) is 0. The van der Waals surface area contributed by atoms with E-state index in [1.165, 1.54) is 19.3 Å². The Morgan fingerprint density at radius 2 is 2.08 bits per heavy atom. The fourth-order valence-electron chi connectivity index (χ4n) is 4.40. The van der Waals surface area contributed by atoms with E-state index >= 15 is 0 Å². The first kappa shape index (κ1) is 17.9. The van der Waals surface area contributed by atoms with Gasteiger partial charge in [0.15, 0.2) is 6.61 Å². The standard InChI is InChI=1S/C19H24Cl2O3/c1-19(2)13-4-3-12(15(19)9-13)7-8-23-18(22)11-24-17-6-5-14(20)10-16(17)21/h5-6,10,12-13,15H,3-4,7-9,11H2,1-2H3. The molecule has 132 valence electrons. The van der Waals surface area contributed by atoms with Crippen LogP contribution in [0.1, 0.15) is 39.5 Å². The van der Waals surface area contributed by atoms with Crippen LogP contribution in [0.3, 0.4) is 0 Å². The molecule has 3 atom stereocenters. The molecule has 3 nitrogen and oxygen atoms in total. The molecule has 1 aromatic rings. The van der Waals surface area contributed by atoms with E-state index in [0.29, 0.717) is 33.7 Å². The molecule has 0 aliphatic heterocycles. The molecule has 2 bridgehead atoms. The lowest BCUT2D eigenvalue weighted by atomic mass is 9.45. The van der Waals surface area contributed by atoms with Gasteiger partial charge in [-0.3, -0.25) is 0 Å².